The number of halogens is 3. The van der Waals surface area contributed by atoms with Crippen LogP contribution in [0.4, 0.5) is 13.2 Å². The molecule has 0 aliphatic rings. The van der Waals surface area contributed by atoms with Gasteiger partial charge < -0.3 is 10.5 Å². The molecule has 1 unspecified atom stereocenters. The largest absolute Gasteiger partial charge is 0.486 e. The Morgan fingerprint density at radius 2 is 1.53 bits per heavy atom. The minimum atomic E-state index is -0.786. The molecule has 0 saturated carbocycles. The summed E-state index contributed by atoms with van der Waals surface area (Å²) in [7, 11) is 0. The molecular weight excluding hydrogens is 255 g/mol. The molecule has 0 fully saturated rings. The molecule has 0 radical (unpaired) electrons. The van der Waals surface area contributed by atoms with Gasteiger partial charge in [-0.1, -0.05) is 18.2 Å². The summed E-state index contributed by atoms with van der Waals surface area (Å²) in [5.74, 6) is -2.41. The van der Waals surface area contributed by atoms with Gasteiger partial charge in [-0.3, -0.25) is 0 Å². The molecule has 100 valence electrons. The number of hydrogen-bond acceptors (Lipinski definition) is 2. The van der Waals surface area contributed by atoms with E-state index in [-0.39, 0.29) is 12.4 Å². The van der Waals surface area contributed by atoms with E-state index in [9.17, 15) is 13.2 Å². The third kappa shape index (κ3) is 3.26. The Bertz CT molecular complexity index is 537. The van der Waals surface area contributed by atoms with Gasteiger partial charge in [0.1, 0.15) is 12.4 Å². The van der Waals surface area contributed by atoms with Crippen molar-refractivity contribution in [3.05, 3.63) is 65.5 Å². The second-order valence-electron chi connectivity index (χ2n) is 4.02. The number of para-hydroxylation sites is 1. The van der Waals surface area contributed by atoms with E-state index in [4.69, 9.17) is 10.5 Å². The summed E-state index contributed by atoms with van der Waals surface area (Å²) in [6.07, 6.45) is 0. The van der Waals surface area contributed by atoms with Gasteiger partial charge in [-0.15, -0.1) is 0 Å². The van der Waals surface area contributed by atoms with Gasteiger partial charge in [0.15, 0.2) is 17.4 Å². The molecule has 0 spiro atoms. The highest BCUT2D eigenvalue weighted by Crippen LogP contribution is 2.22. The highest BCUT2D eigenvalue weighted by molar-refractivity contribution is 5.26. The van der Waals surface area contributed by atoms with Gasteiger partial charge in [0.2, 0.25) is 0 Å². The molecule has 0 aromatic heterocycles. The molecule has 1 atom stereocenters. The Kier molecular flexibility index (Phi) is 4.06. The summed E-state index contributed by atoms with van der Waals surface area (Å²) < 4.78 is 44.4. The van der Waals surface area contributed by atoms with E-state index in [1.807, 2.05) is 0 Å². The van der Waals surface area contributed by atoms with Gasteiger partial charge in [0.25, 0.3) is 0 Å². The molecule has 0 bridgehead atoms. The van der Waals surface area contributed by atoms with Crippen molar-refractivity contribution in [2.75, 3.05) is 6.61 Å². The second kappa shape index (κ2) is 5.75. The van der Waals surface area contributed by atoms with Crippen molar-refractivity contribution >= 4 is 0 Å². The van der Waals surface area contributed by atoms with Crippen LogP contribution in [0.25, 0.3) is 0 Å². The lowest BCUT2D eigenvalue weighted by atomic mass is 10.1. The SMILES string of the molecule is NC(COc1c(F)cccc1F)c1ccc(F)cc1. The molecule has 0 saturated heterocycles. The molecule has 0 heterocycles. The lowest BCUT2D eigenvalue weighted by Crippen LogP contribution is -2.19. The first-order valence-corrected chi connectivity index (χ1v) is 5.66. The zero-order chi connectivity index (χ0) is 13.8. The minimum Gasteiger partial charge on any atom is -0.486 e. The van der Waals surface area contributed by atoms with Gasteiger partial charge in [-0.25, -0.2) is 13.2 Å². The maximum Gasteiger partial charge on any atom is 0.190 e. The number of rotatable bonds is 4. The smallest absolute Gasteiger partial charge is 0.190 e. The normalized spacial score (nSPS) is 12.2. The summed E-state index contributed by atoms with van der Waals surface area (Å²) in [6, 6.07) is 8.38. The van der Waals surface area contributed by atoms with Crippen LogP contribution < -0.4 is 10.5 Å². The molecule has 2 aromatic carbocycles. The van der Waals surface area contributed by atoms with Crippen LogP contribution in [0.3, 0.4) is 0 Å². The van der Waals surface area contributed by atoms with Crippen LogP contribution in [0.5, 0.6) is 5.75 Å². The highest BCUT2D eigenvalue weighted by Gasteiger charge is 2.12. The fourth-order valence-corrected chi connectivity index (χ4v) is 1.60. The highest BCUT2D eigenvalue weighted by atomic mass is 19.1. The Hall–Kier alpha value is -2.01. The molecular formula is C14H12F3NO. The Balaban J connectivity index is 2.04. The topological polar surface area (TPSA) is 35.2 Å². The Morgan fingerprint density at radius 1 is 0.947 bits per heavy atom. The van der Waals surface area contributed by atoms with Gasteiger partial charge in [0, 0.05) is 0 Å². The zero-order valence-corrected chi connectivity index (χ0v) is 9.95. The Morgan fingerprint density at radius 3 is 2.11 bits per heavy atom. The van der Waals surface area contributed by atoms with Crippen LogP contribution in [-0.2, 0) is 0 Å². The van der Waals surface area contributed by atoms with E-state index in [1.165, 1.54) is 30.3 Å². The van der Waals surface area contributed by atoms with E-state index in [0.717, 1.165) is 12.1 Å². The minimum absolute atomic E-state index is 0.108. The van der Waals surface area contributed by atoms with Crippen molar-refractivity contribution in [2.45, 2.75) is 6.04 Å². The summed E-state index contributed by atoms with van der Waals surface area (Å²) in [6.45, 7) is -0.108. The predicted octanol–water partition coefficient (Wildman–Crippen LogP) is 3.18. The number of benzene rings is 2. The fourth-order valence-electron chi connectivity index (χ4n) is 1.60. The monoisotopic (exact) mass is 267 g/mol. The molecule has 0 aliphatic carbocycles. The molecule has 2 aromatic rings. The van der Waals surface area contributed by atoms with E-state index < -0.39 is 23.4 Å². The zero-order valence-electron chi connectivity index (χ0n) is 9.95. The van der Waals surface area contributed by atoms with Crippen molar-refractivity contribution < 1.29 is 17.9 Å². The van der Waals surface area contributed by atoms with Crippen molar-refractivity contribution in [2.24, 2.45) is 5.73 Å². The Labute approximate surface area is 108 Å². The fraction of sp³-hybridized carbons (Fsp3) is 0.143. The number of ether oxygens (including phenoxy) is 1. The lowest BCUT2D eigenvalue weighted by Gasteiger charge is -2.14. The maximum atomic E-state index is 13.3. The average molecular weight is 267 g/mol. The summed E-state index contributed by atoms with van der Waals surface area (Å²) in [4.78, 5) is 0. The summed E-state index contributed by atoms with van der Waals surface area (Å²) in [5, 5.41) is 0. The predicted molar refractivity (Wildman–Crippen MR) is 65.2 cm³/mol. The summed E-state index contributed by atoms with van der Waals surface area (Å²) in [5.41, 5.74) is 6.42. The van der Waals surface area contributed by atoms with E-state index in [0.29, 0.717) is 5.56 Å². The van der Waals surface area contributed by atoms with Crippen molar-refractivity contribution in [3.63, 3.8) is 0 Å². The van der Waals surface area contributed by atoms with E-state index in [1.54, 1.807) is 0 Å². The third-order valence-corrected chi connectivity index (χ3v) is 2.62. The number of nitrogens with two attached hydrogens (primary N) is 1. The van der Waals surface area contributed by atoms with Gasteiger partial charge in [0.05, 0.1) is 6.04 Å². The van der Waals surface area contributed by atoms with Gasteiger partial charge >= 0.3 is 0 Å². The third-order valence-electron chi connectivity index (χ3n) is 2.62. The molecule has 2 nitrogen and oxygen atoms in total. The van der Waals surface area contributed by atoms with Crippen molar-refractivity contribution in [1.29, 1.82) is 0 Å². The van der Waals surface area contributed by atoms with Crippen LogP contribution in [0.15, 0.2) is 42.5 Å². The van der Waals surface area contributed by atoms with E-state index in [2.05, 4.69) is 0 Å². The van der Waals surface area contributed by atoms with Crippen molar-refractivity contribution in [1.82, 2.24) is 0 Å². The average Bonchev–Trinajstić information content (AvgIpc) is 2.38. The lowest BCUT2D eigenvalue weighted by molar-refractivity contribution is 0.263. The van der Waals surface area contributed by atoms with Crippen LogP contribution in [0.1, 0.15) is 11.6 Å². The van der Waals surface area contributed by atoms with Crippen LogP contribution in [-0.4, -0.2) is 6.61 Å². The van der Waals surface area contributed by atoms with Crippen LogP contribution >= 0.6 is 0 Å². The molecule has 0 amide bonds. The van der Waals surface area contributed by atoms with Gasteiger partial charge in [-0.2, -0.15) is 0 Å². The molecule has 0 aliphatic heterocycles. The van der Waals surface area contributed by atoms with Crippen molar-refractivity contribution in [3.8, 4) is 5.75 Å². The van der Waals surface area contributed by atoms with Crippen LogP contribution in [0, 0.1) is 17.5 Å². The number of hydrogen-bond donors (Lipinski definition) is 1. The first-order valence-electron chi connectivity index (χ1n) is 5.66. The molecule has 5 heteroatoms. The molecule has 2 N–H and O–H groups in total. The molecule has 19 heavy (non-hydrogen) atoms. The first-order chi connectivity index (χ1) is 9.08. The maximum absolute atomic E-state index is 13.3. The van der Waals surface area contributed by atoms with E-state index >= 15 is 0 Å². The first kappa shape index (κ1) is 13.4. The van der Waals surface area contributed by atoms with Gasteiger partial charge in [-0.05, 0) is 29.8 Å². The molecule has 2 rings (SSSR count). The summed E-state index contributed by atoms with van der Waals surface area (Å²) >= 11 is 0. The second-order valence-corrected chi connectivity index (χ2v) is 4.02. The van der Waals surface area contributed by atoms with Crippen LogP contribution in [0.2, 0.25) is 0 Å². The standard InChI is InChI=1S/C14H12F3NO/c15-10-6-4-9(5-7-10)13(18)8-19-14-11(16)2-1-3-12(14)17/h1-7,13H,8,18H2. The quantitative estimate of drug-likeness (QED) is 0.923.